The Hall–Kier alpha value is 0.354. The van der Waals surface area contributed by atoms with Crippen LogP contribution in [0.2, 0.25) is 26.2 Å². The maximum atomic E-state index is 5.40. The lowest BCUT2D eigenvalue weighted by molar-refractivity contribution is 0.603. The monoisotopic (exact) mass is 150 g/mol. The first-order valence-corrected chi connectivity index (χ1v) is 7.22. The van der Waals surface area contributed by atoms with Gasteiger partial charge in [0.2, 0.25) is 9.76 Å². The zero-order valence-electron chi connectivity index (χ0n) is 5.91. The average molecular weight is 150 g/mol. The first-order chi connectivity index (χ1) is 3.06. The van der Waals surface area contributed by atoms with E-state index in [1.54, 1.807) is 0 Å². The Kier molecular flexibility index (Phi) is 5.95. The fourth-order valence-corrected chi connectivity index (χ4v) is 2.76. The highest BCUT2D eigenvalue weighted by Crippen LogP contribution is 1.99. The number of hydrogen-bond donors (Lipinski definition) is 0. The fraction of sp³-hybridized carbons (Fsp3) is 1.00. The van der Waals surface area contributed by atoms with E-state index in [-0.39, 0.29) is 5.48 Å². The van der Waals surface area contributed by atoms with Gasteiger partial charge in [-0.25, -0.2) is 0 Å². The minimum absolute atomic E-state index is 0. The van der Waals surface area contributed by atoms with Crippen LogP contribution in [0.15, 0.2) is 0 Å². The van der Waals surface area contributed by atoms with Gasteiger partial charge in [0.25, 0.3) is 0 Å². The average Bonchev–Trinajstić information content (AvgIpc) is 1.30. The largest absolute Gasteiger partial charge is 0.456 e. The van der Waals surface area contributed by atoms with E-state index in [2.05, 4.69) is 26.2 Å². The van der Waals surface area contributed by atoms with Gasteiger partial charge in [0.15, 0.2) is 8.32 Å². The van der Waals surface area contributed by atoms with Gasteiger partial charge in [-0.15, -0.1) is 0 Å². The molecule has 0 aliphatic carbocycles. The molecule has 0 aromatic carbocycles. The highest BCUT2D eigenvalue weighted by Gasteiger charge is 2.11. The van der Waals surface area contributed by atoms with Gasteiger partial charge in [-0.2, -0.15) is 0 Å². The Morgan fingerprint density at radius 3 is 1.62 bits per heavy atom. The van der Waals surface area contributed by atoms with Gasteiger partial charge in [0.05, 0.1) is 0 Å². The summed E-state index contributed by atoms with van der Waals surface area (Å²) in [6, 6.07) is 0. The van der Waals surface area contributed by atoms with E-state index >= 15 is 0 Å². The summed E-state index contributed by atoms with van der Waals surface area (Å²) in [5.74, 6) is 0. The minimum atomic E-state index is -1.14. The first kappa shape index (κ1) is 11.2. The van der Waals surface area contributed by atoms with Gasteiger partial charge < -0.3 is 9.59 Å². The Morgan fingerprint density at radius 2 is 1.62 bits per heavy atom. The van der Waals surface area contributed by atoms with Crippen LogP contribution in [0.25, 0.3) is 0 Å². The Balaban J connectivity index is 0. The van der Waals surface area contributed by atoms with E-state index in [9.17, 15) is 0 Å². The molecule has 4 heteroatoms. The summed E-state index contributed by atoms with van der Waals surface area (Å²) in [7, 11) is -0.474. The summed E-state index contributed by atoms with van der Waals surface area (Å²) in [4.78, 5) is 0. The SMILES string of the molecule is C[Si]O[Si](C)(C)C.O. The lowest BCUT2D eigenvalue weighted by atomic mass is 11.8. The van der Waals surface area contributed by atoms with Crippen molar-refractivity contribution < 1.29 is 9.59 Å². The van der Waals surface area contributed by atoms with Crippen LogP contribution in [0.5, 0.6) is 0 Å². The molecule has 2 nitrogen and oxygen atoms in total. The third-order valence-corrected chi connectivity index (χ3v) is 3.67. The molecule has 0 heterocycles. The van der Waals surface area contributed by atoms with Crippen molar-refractivity contribution in [2.24, 2.45) is 0 Å². The molecule has 0 amide bonds. The minimum Gasteiger partial charge on any atom is -0.456 e. The van der Waals surface area contributed by atoms with Crippen LogP contribution < -0.4 is 0 Å². The molecule has 0 bridgehead atoms. The lowest BCUT2D eigenvalue weighted by Crippen LogP contribution is -2.26. The Bertz CT molecular complexity index is 50.5. The molecule has 0 aliphatic heterocycles. The Morgan fingerprint density at radius 1 is 1.25 bits per heavy atom. The molecule has 0 spiro atoms. The van der Waals surface area contributed by atoms with Crippen molar-refractivity contribution in [3.63, 3.8) is 0 Å². The summed E-state index contributed by atoms with van der Waals surface area (Å²) in [6.07, 6.45) is 0. The molecule has 0 rings (SSSR count). The fourth-order valence-electron chi connectivity index (χ4n) is 0.306. The van der Waals surface area contributed by atoms with Crippen molar-refractivity contribution in [3.8, 4) is 0 Å². The molecule has 0 aromatic heterocycles. The third-order valence-electron chi connectivity index (χ3n) is 0.408. The van der Waals surface area contributed by atoms with E-state index in [4.69, 9.17) is 4.12 Å². The van der Waals surface area contributed by atoms with E-state index in [1.807, 2.05) is 0 Å². The van der Waals surface area contributed by atoms with Gasteiger partial charge in [0, 0.05) is 0 Å². The molecule has 0 fully saturated rings. The summed E-state index contributed by atoms with van der Waals surface area (Å²) in [6.45, 7) is 8.66. The molecule has 2 N–H and O–H groups in total. The zero-order valence-corrected chi connectivity index (χ0v) is 7.91. The molecule has 0 atom stereocenters. The standard InChI is InChI=1S/C4H12OSi2.H2O/c1-6-5-7(2,3)4;/h1-4H3;1H2. The van der Waals surface area contributed by atoms with E-state index < -0.39 is 8.32 Å². The van der Waals surface area contributed by atoms with Gasteiger partial charge >= 0.3 is 0 Å². The predicted octanol–water partition coefficient (Wildman–Crippen LogP) is 0.680. The zero-order chi connectivity index (χ0) is 5.91. The molecule has 0 saturated heterocycles. The maximum absolute atomic E-state index is 5.40. The van der Waals surface area contributed by atoms with Crippen LogP contribution in [0, 0.1) is 0 Å². The van der Waals surface area contributed by atoms with Crippen molar-refractivity contribution in [1.82, 2.24) is 0 Å². The van der Waals surface area contributed by atoms with Crippen LogP contribution in [0.4, 0.5) is 0 Å². The quantitative estimate of drug-likeness (QED) is 0.534. The highest BCUT2D eigenvalue weighted by atomic mass is 28.4. The first-order valence-electron chi connectivity index (χ1n) is 2.41. The molecular weight excluding hydrogens is 136 g/mol. The third kappa shape index (κ3) is 9.61. The van der Waals surface area contributed by atoms with Gasteiger partial charge in [-0.1, -0.05) is 0 Å². The predicted molar refractivity (Wildman–Crippen MR) is 39.7 cm³/mol. The molecule has 0 saturated carbocycles. The van der Waals surface area contributed by atoms with Crippen molar-refractivity contribution in [3.05, 3.63) is 0 Å². The number of hydrogen-bond acceptors (Lipinski definition) is 1. The van der Waals surface area contributed by atoms with E-state index in [0.717, 1.165) is 0 Å². The van der Waals surface area contributed by atoms with Gasteiger partial charge in [-0.3, -0.25) is 0 Å². The second-order valence-electron chi connectivity index (χ2n) is 2.42. The summed E-state index contributed by atoms with van der Waals surface area (Å²) < 4.78 is 5.40. The molecule has 50 valence electrons. The highest BCUT2D eigenvalue weighted by molar-refractivity contribution is 6.73. The van der Waals surface area contributed by atoms with E-state index in [1.165, 1.54) is 0 Å². The van der Waals surface area contributed by atoms with Crippen molar-refractivity contribution in [2.75, 3.05) is 0 Å². The second-order valence-corrected chi connectivity index (χ2v) is 7.87. The maximum Gasteiger partial charge on any atom is 0.211 e. The van der Waals surface area contributed by atoms with Crippen molar-refractivity contribution in [1.29, 1.82) is 0 Å². The molecule has 0 aromatic rings. The molecule has 2 radical (unpaired) electrons. The van der Waals surface area contributed by atoms with Gasteiger partial charge in [0.1, 0.15) is 0 Å². The lowest BCUT2D eigenvalue weighted by Gasteiger charge is -2.14. The van der Waals surface area contributed by atoms with Crippen LogP contribution in [0.3, 0.4) is 0 Å². The normalized spacial score (nSPS) is 10.5. The second kappa shape index (κ2) is 4.25. The molecular formula is C4H14O2Si2. The summed E-state index contributed by atoms with van der Waals surface area (Å²) in [5.41, 5.74) is 0. The van der Waals surface area contributed by atoms with Gasteiger partial charge in [-0.05, 0) is 26.2 Å². The van der Waals surface area contributed by atoms with Crippen LogP contribution in [-0.4, -0.2) is 23.6 Å². The molecule has 8 heavy (non-hydrogen) atoms. The summed E-state index contributed by atoms with van der Waals surface area (Å²) in [5, 5.41) is 0. The van der Waals surface area contributed by atoms with Crippen LogP contribution >= 0.6 is 0 Å². The molecule has 0 unspecified atom stereocenters. The number of rotatable bonds is 2. The smallest absolute Gasteiger partial charge is 0.211 e. The van der Waals surface area contributed by atoms with Crippen molar-refractivity contribution >= 4 is 18.1 Å². The van der Waals surface area contributed by atoms with E-state index in [0.29, 0.717) is 9.76 Å². The van der Waals surface area contributed by atoms with Crippen LogP contribution in [0.1, 0.15) is 0 Å². The molecule has 0 aliphatic rings. The topological polar surface area (TPSA) is 40.7 Å². The van der Waals surface area contributed by atoms with Crippen molar-refractivity contribution in [2.45, 2.75) is 26.2 Å². The Labute approximate surface area is 54.6 Å². The summed E-state index contributed by atoms with van der Waals surface area (Å²) >= 11 is 0. The van der Waals surface area contributed by atoms with Crippen LogP contribution in [-0.2, 0) is 4.12 Å².